The molecule has 0 aliphatic carbocycles. The molecule has 0 aromatic carbocycles. The lowest BCUT2D eigenvalue weighted by Gasteiger charge is -2.33. The van der Waals surface area contributed by atoms with Crippen LogP contribution in [0.15, 0.2) is 12.7 Å². The van der Waals surface area contributed by atoms with Gasteiger partial charge in [0.25, 0.3) is 0 Å². The Hall–Kier alpha value is 0.01000. The highest BCUT2D eigenvalue weighted by molar-refractivity contribution is 7.99. The maximum absolute atomic E-state index is 3.72. The Labute approximate surface area is 85.8 Å². The van der Waals surface area contributed by atoms with E-state index in [0.29, 0.717) is 6.04 Å². The lowest BCUT2D eigenvalue weighted by Crippen LogP contribution is -2.50. The van der Waals surface area contributed by atoms with Gasteiger partial charge in [-0.1, -0.05) is 6.08 Å². The van der Waals surface area contributed by atoms with E-state index in [4.69, 9.17) is 0 Å². The van der Waals surface area contributed by atoms with Crippen LogP contribution < -0.4 is 5.32 Å². The molecule has 0 aromatic heterocycles. The molecule has 0 spiro atoms. The van der Waals surface area contributed by atoms with Crippen molar-refractivity contribution in [2.75, 3.05) is 37.7 Å². The van der Waals surface area contributed by atoms with Crippen LogP contribution in [0.25, 0.3) is 0 Å². The minimum atomic E-state index is 0.707. The summed E-state index contributed by atoms with van der Waals surface area (Å²) in [4.78, 5) is 2.56. The van der Waals surface area contributed by atoms with Gasteiger partial charge in [-0.15, -0.1) is 6.58 Å². The van der Waals surface area contributed by atoms with Crippen LogP contribution >= 0.6 is 11.8 Å². The van der Waals surface area contributed by atoms with Gasteiger partial charge in [-0.05, 0) is 6.92 Å². The summed E-state index contributed by atoms with van der Waals surface area (Å²) in [6.07, 6.45) is 1.98. The molecule has 0 aromatic rings. The van der Waals surface area contributed by atoms with Crippen LogP contribution in [0.1, 0.15) is 6.92 Å². The van der Waals surface area contributed by atoms with Gasteiger partial charge in [-0.3, -0.25) is 4.90 Å². The predicted molar refractivity (Wildman–Crippen MR) is 61.4 cm³/mol. The maximum Gasteiger partial charge on any atom is 0.0193 e. The Bertz CT molecular complexity index is 150. The second-order valence-corrected chi connectivity index (χ2v) is 4.60. The van der Waals surface area contributed by atoms with Crippen molar-refractivity contribution in [2.24, 2.45) is 0 Å². The first-order chi connectivity index (χ1) is 6.34. The number of hydrogen-bond donors (Lipinski definition) is 1. The summed E-state index contributed by atoms with van der Waals surface area (Å²) in [5, 5.41) is 3.40. The lowest BCUT2D eigenvalue weighted by atomic mass is 10.2. The van der Waals surface area contributed by atoms with Gasteiger partial charge in [0.05, 0.1) is 0 Å². The SMILES string of the molecule is C=CCSCCN1CCNCC1C. The topological polar surface area (TPSA) is 15.3 Å². The Morgan fingerprint density at radius 1 is 1.69 bits per heavy atom. The summed E-state index contributed by atoms with van der Waals surface area (Å²) in [5.74, 6) is 2.32. The smallest absolute Gasteiger partial charge is 0.0193 e. The van der Waals surface area contributed by atoms with Crippen molar-refractivity contribution in [1.82, 2.24) is 10.2 Å². The summed E-state index contributed by atoms with van der Waals surface area (Å²) in [6, 6.07) is 0.707. The van der Waals surface area contributed by atoms with Crippen molar-refractivity contribution in [3.8, 4) is 0 Å². The molecule has 1 atom stereocenters. The van der Waals surface area contributed by atoms with Crippen LogP contribution in [0, 0.1) is 0 Å². The Morgan fingerprint density at radius 3 is 3.23 bits per heavy atom. The minimum Gasteiger partial charge on any atom is -0.314 e. The molecular formula is C10H20N2S. The fourth-order valence-electron chi connectivity index (χ4n) is 1.56. The third kappa shape index (κ3) is 4.16. The zero-order chi connectivity index (χ0) is 9.52. The summed E-state index contributed by atoms with van der Waals surface area (Å²) in [5.41, 5.74) is 0. The molecule has 1 aliphatic rings. The second kappa shape index (κ2) is 6.46. The molecule has 1 saturated heterocycles. The first-order valence-corrected chi connectivity index (χ1v) is 6.13. The van der Waals surface area contributed by atoms with Crippen molar-refractivity contribution >= 4 is 11.8 Å². The van der Waals surface area contributed by atoms with E-state index in [-0.39, 0.29) is 0 Å². The van der Waals surface area contributed by atoms with Gasteiger partial charge >= 0.3 is 0 Å². The zero-order valence-corrected chi connectivity index (χ0v) is 9.28. The van der Waals surface area contributed by atoms with Gasteiger partial charge in [0.2, 0.25) is 0 Å². The van der Waals surface area contributed by atoms with E-state index in [9.17, 15) is 0 Å². The van der Waals surface area contributed by atoms with Crippen molar-refractivity contribution in [2.45, 2.75) is 13.0 Å². The van der Waals surface area contributed by atoms with E-state index in [1.54, 1.807) is 0 Å². The highest BCUT2D eigenvalue weighted by atomic mass is 32.2. The van der Waals surface area contributed by atoms with Gasteiger partial charge in [-0.2, -0.15) is 11.8 Å². The van der Waals surface area contributed by atoms with Crippen molar-refractivity contribution in [3.05, 3.63) is 12.7 Å². The normalized spacial score (nSPS) is 24.5. The van der Waals surface area contributed by atoms with Crippen LogP contribution in [-0.2, 0) is 0 Å². The lowest BCUT2D eigenvalue weighted by molar-refractivity contribution is 0.185. The molecule has 76 valence electrons. The average molecular weight is 200 g/mol. The summed E-state index contributed by atoms with van der Waals surface area (Å²) in [7, 11) is 0. The molecule has 1 rings (SSSR count). The summed E-state index contributed by atoms with van der Waals surface area (Å²) < 4.78 is 0. The number of nitrogens with zero attached hydrogens (tertiary/aromatic N) is 1. The highest BCUT2D eigenvalue weighted by Gasteiger charge is 2.16. The predicted octanol–water partition coefficient (Wildman–Crippen LogP) is 1.20. The van der Waals surface area contributed by atoms with Crippen molar-refractivity contribution in [1.29, 1.82) is 0 Å². The maximum atomic E-state index is 3.72. The average Bonchev–Trinajstić information content (AvgIpc) is 2.15. The zero-order valence-electron chi connectivity index (χ0n) is 8.46. The van der Waals surface area contributed by atoms with E-state index in [0.717, 1.165) is 18.8 Å². The third-order valence-electron chi connectivity index (χ3n) is 2.40. The van der Waals surface area contributed by atoms with E-state index in [2.05, 4.69) is 23.7 Å². The van der Waals surface area contributed by atoms with Crippen LogP contribution in [0.3, 0.4) is 0 Å². The molecule has 1 unspecified atom stereocenters. The first kappa shape index (κ1) is 11.1. The number of hydrogen-bond acceptors (Lipinski definition) is 3. The molecule has 1 fully saturated rings. The molecule has 13 heavy (non-hydrogen) atoms. The van der Waals surface area contributed by atoms with Gasteiger partial charge in [0.1, 0.15) is 0 Å². The molecule has 1 N–H and O–H groups in total. The van der Waals surface area contributed by atoms with Gasteiger partial charge < -0.3 is 5.32 Å². The summed E-state index contributed by atoms with van der Waals surface area (Å²) in [6.45, 7) is 10.7. The van der Waals surface area contributed by atoms with Crippen LogP contribution in [-0.4, -0.2) is 48.6 Å². The van der Waals surface area contributed by atoms with Gasteiger partial charge in [0, 0.05) is 43.7 Å². The summed E-state index contributed by atoms with van der Waals surface area (Å²) >= 11 is 1.97. The largest absolute Gasteiger partial charge is 0.314 e. The number of nitrogens with one attached hydrogen (secondary N) is 1. The molecule has 0 amide bonds. The molecular weight excluding hydrogens is 180 g/mol. The van der Waals surface area contributed by atoms with Crippen molar-refractivity contribution in [3.63, 3.8) is 0 Å². The van der Waals surface area contributed by atoms with E-state index in [1.807, 2.05) is 17.8 Å². The molecule has 3 heteroatoms. The Balaban J connectivity index is 2.08. The van der Waals surface area contributed by atoms with Crippen LogP contribution in [0.2, 0.25) is 0 Å². The second-order valence-electron chi connectivity index (χ2n) is 3.45. The molecule has 0 bridgehead atoms. The fraction of sp³-hybridized carbons (Fsp3) is 0.800. The first-order valence-electron chi connectivity index (χ1n) is 4.98. The van der Waals surface area contributed by atoms with E-state index < -0.39 is 0 Å². The molecule has 0 saturated carbocycles. The third-order valence-corrected chi connectivity index (χ3v) is 3.34. The standard InChI is InChI=1S/C10H20N2S/c1-3-7-13-8-6-12-5-4-11-9-10(12)2/h3,10-11H,1,4-9H2,2H3. The highest BCUT2D eigenvalue weighted by Crippen LogP contribution is 2.05. The Morgan fingerprint density at radius 2 is 2.54 bits per heavy atom. The monoisotopic (exact) mass is 200 g/mol. The van der Waals surface area contributed by atoms with Gasteiger partial charge in [0.15, 0.2) is 0 Å². The molecule has 1 heterocycles. The molecule has 0 radical (unpaired) electrons. The quantitative estimate of drug-likeness (QED) is 0.530. The van der Waals surface area contributed by atoms with Crippen LogP contribution in [0.5, 0.6) is 0 Å². The minimum absolute atomic E-state index is 0.707. The Kier molecular flexibility index (Phi) is 5.51. The number of piperazine rings is 1. The van der Waals surface area contributed by atoms with Gasteiger partial charge in [-0.25, -0.2) is 0 Å². The van der Waals surface area contributed by atoms with Crippen molar-refractivity contribution < 1.29 is 0 Å². The van der Waals surface area contributed by atoms with E-state index in [1.165, 1.54) is 18.8 Å². The molecule has 1 aliphatic heterocycles. The molecule has 2 nitrogen and oxygen atoms in total. The van der Waals surface area contributed by atoms with Crippen LogP contribution in [0.4, 0.5) is 0 Å². The fourth-order valence-corrected chi connectivity index (χ4v) is 2.26. The number of rotatable bonds is 5. The number of thioether (sulfide) groups is 1. The van der Waals surface area contributed by atoms with E-state index >= 15 is 0 Å².